The molecule has 1 heterocycles. The summed E-state index contributed by atoms with van der Waals surface area (Å²) in [5.74, 6) is -0.198. The van der Waals surface area contributed by atoms with E-state index in [0.717, 1.165) is 0 Å². The average Bonchev–Trinajstić information content (AvgIpc) is 2.13. The number of rotatable bonds is 1. The first kappa shape index (κ1) is 5.54. The van der Waals surface area contributed by atoms with Gasteiger partial charge in [0.2, 0.25) is 0 Å². The maximum Gasteiger partial charge on any atom is 0.199 e. The monoisotopic (exact) mass is 127 g/mol. The number of nitrogen functional groups attached to an aromatic ring is 2. The van der Waals surface area contributed by atoms with Crippen LogP contribution >= 0.6 is 0 Å². The molecule has 6 nitrogen and oxygen atoms in total. The first-order valence-corrected chi connectivity index (χ1v) is 2.14. The molecule has 0 atom stereocenters. The molecule has 9 heavy (non-hydrogen) atoms. The predicted molar refractivity (Wildman–Crippen MR) is 29.7 cm³/mol. The van der Waals surface area contributed by atoms with Gasteiger partial charge in [-0.2, -0.15) is 0 Å². The van der Waals surface area contributed by atoms with Crippen LogP contribution < -0.4 is 11.5 Å². The fourth-order valence-electron chi connectivity index (χ4n) is 0.382. The van der Waals surface area contributed by atoms with Gasteiger partial charge in [-0.05, 0) is 10.3 Å². The molecule has 0 radical (unpaired) electrons. The summed E-state index contributed by atoms with van der Waals surface area (Å²) in [4.78, 5) is 0. The van der Waals surface area contributed by atoms with Crippen LogP contribution in [0.3, 0.4) is 0 Å². The lowest BCUT2D eigenvalue weighted by atomic mass is 10.4. The molecule has 0 spiro atoms. The van der Waals surface area contributed by atoms with Crippen molar-refractivity contribution < 1.29 is 4.63 Å². The molecular formula is C3H5N5O. The Balaban J connectivity index is 3.08. The highest BCUT2D eigenvalue weighted by atomic mass is 16.6. The number of aromatic nitrogens is 2. The van der Waals surface area contributed by atoms with Crippen LogP contribution in [0, 0.1) is 5.41 Å². The quantitative estimate of drug-likeness (QED) is 0.328. The Bertz CT molecular complexity index is 228. The minimum Gasteiger partial charge on any atom is -0.382 e. The summed E-state index contributed by atoms with van der Waals surface area (Å²) in [6.45, 7) is 0. The van der Waals surface area contributed by atoms with Crippen molar-refractivity contribution in [3.63, 3.8) is 0 Å². The second-order valence-electron chi connectivity index (χ2n) is 1.41. The standard InChI is InChI=1S/C3H5N5O/c4-2(5)1-3(6)8-9-7-1/h(H3,4,5)(H2,6,8). The lowest BCUT2D eigenvalue weighted by molar-refractivity contribution is 0.308. The van der Waals surface area contributed by atoms with Crippen molar-refractivity contribution in [2.45, 2.75) is 0 Å². The number of nitrogens with one attached hydrogen (secondary N) is 1. The minimum absolute atomic E-state index is 0.0440. The molecule has 0 saturated carbocycles. The molecule has 1 aromatic heterocycles. The van der Waals surface area contributed by atoms with Gasteiger partial charge in [-0.1, -0.05) is 0 Å². The third-order valence-corrected chi connectivity index (χ3v) is 0.769. The summed E-state index contributed by atoms with van der Waals surface area (Å²) >= 11 is 0. The lowest BCUT2D eigenvalue weighted by Gasteiger charge is -1.85. The van der Waals surface area contributed by atoms with Crippen LogP contribution in [0.25, 0.3) is 0 Å². The summed E-state index contributed by atoms with van der Waals surface area (Å²) < 4.78 is 4.16. The zero-order chi connectivity index (χ0) is 6.85. The van der Waals surface area contributed by atoms with E-state index in [0.29, 0.717) is 0 Å². The Morgan fingerprint density at radius 1 is 1.56 bits per heavy atom. The van der Waals surface area contributed by atoms with Crippen LogP contribution in [0.2, 0.25) is 0 Å². The van der Waals surface area contributed by atoms with E-state index in [2.05, 4.69) is 14.9 Å². The molecule has 1 aromatic rings. The highest BCUT2D eigenvalue weighted by Crippen LogP contribution is 2.00. The number of anilines is 1. The van der Waals surface area contributed by atoms with Crippen molar-refractivity contribution in [2.75, 3.05) is 5.73 Å². The van der Waals surface area contributed by atoms with Gasteiger partial charge in [-0.3, -0.25) is 5.41 Å². The van der Waals surface area contributed by atoms with Gasteiger partial charge in [-0.25, -0.2) is 4.63 Å². The average molecular weight is 127 g/mol. The number of hydrogen-bond donors (Lipinski definition) is 3. The Morgan fingerprint density at radius 3 is 2.44 bits per heavy atom. The molecule has 0 bridgehead atoms. The van der Waals surface area contributed by atoms with Gasteiger partial charge in [0.1, 0.15) is 5.84 Å². The molecule has 1 rings (SSSR count). The molecule has 0 amide bonds. The minimum atomic E-state index is -0.242. The van der Waals surface area contributed by atoms with Gasteiger partial charge in [0, 0.05) is 0 Å². The summed E-state index contributed by atoms with van der Waals surface area (Å²) in [5, 5.41) is 13.3. The molecule has 0 aliphatic heterocycles. The molecule has 0 saturated heterocycles. The van der Waals surface area contributed by atoms with Crippen LogP contribution in [0.5, 0.6) is 0 Å². The van der Waals surface area contributed by atoms with E-state index < -0.39 is 0 Å². The Kier molecular flexibility index (Phi) is 1.07. The van der Waals surface area contributed by atoms with Crippen molar-refractivity contribution in [1.29, 1.82) is 5.41 Å². The zero-order valence-electron chi connectivity index (χ0n) is 4.46. The number of nitrogens with zero attached hydrogens (tertiary/aromatic N) is 2. The van der Waals surface area contributed by atoms with Crippen molar-refractivity contribution in [3.8, 4) is 0 Å². The normalized spacial score (nSPS) is 9.33. The molecular weight excluding hydrogens is 122 g/mol. The van der Waals surface area contributed by atoms with Gasteiger partial charge < -0.3 is 11.5 Å². The van der Waals surface area contributed by atoms with E-state index in [-0.39, 0.29) is 17.3 Å². The summed E-state index contributed by atoms with van der Waals surface area (Å²) in [6.07, 6.45) is 0. The van der Waals surface area contributed by atoms with Crippen LogP contribution in [0.1, 0.15) is 5.69 Å². The number of nitrogens with two attached hydrogens (primary N) is 2. The van der Waals surface area contributed by atoms with E-state index in [1.54, 1.807) is 0 Å². The van der Waals surface area contributed by atoms with Crippen LogP contribution in [-0.2, 0) is 0 Å². The van der Waals surface area contributed by atoms with E-state index in [9.17, 15) is 0 Å². The third kappa shape index (κ3) is 0.809. The van der Waals surface area contributed by atoms with Crippen LogP contribution in [0.4, 0.5) is 5.82 Å². The molecule has 0 fully saturated rings. The van der Waals surface area contributed by atoms with E-state index >= 15 is 0 Å². The smallest absolute Gasteiger partial charge is 0.199 e. The predicted octanol–water partition coefficient (Wildman–Crippen LogP) is -1.06. The topological polar surface area (TPSA) is 115 Å². The van der Waals surface area contributed by atoms with Gasteiger partial charge in [0.15, 0.2) is 11.5 Å². The van der Waals surface area contributed by atoms with Gasteiger partial charge in [-0.15, -0.1) is 0 Å². The molecule has 48 valence electrons. The molecule has 5 N–H and O–H groups in total. The molecule has 0 aliphatic carbocycles. The van der Waals surface area contributed by atoms with Crippen molar-refractivity contribution >= 4 is 11.7 Å². The number of hydrogen-bond acceptors (Lipinski definition) is 5. The fourth-order valence-corrected chi connectivity index (χ4v) is 0.382. The highest BCUT2D eigenvalue weighted by Gasteiger charge is 2.07. The van der Waals surface area contributed by atoms with Crippen LogP contribution in [0.15, 0.2) is 4.63 Å². The van der Waals surface area contributed by atoms with Crippen molar-refractivity contribution in [3.05, 3.63) is 5.69 Å². The molecule has 0 aliphatic rings. The van der Waals surface area contributed by atoms with Gasteiger partial charge >= 0.3 is 0 Å². The number of amidine groups is 1. The van der Waals surface area contributed by atoms with Crippen molar-refractivity contribution in [2.24, 2.45) is 5.73 Å². The van der Waals surface area contributed by atoms with E-state index in [4.69, 9.17) is 16.9 Å². The van der Waals surface area contributed by atoms with E-state index in [1.165, 1.54) is 0 Å². The summed E-state index contributed by atoms with van der Waals surface area (Å²) in [6, 6.07) is 0. The first-order chi connectivity index (χ1) is 4.22. The summed E-state index contributed by atoms with van der Waals surface area (Å²) in [7, 11) is 0. The molecule has 0 aromatic carbocycles. The first-order valence-electron chi connectivity index (χ1n) is 2.14. The van der Waals surface area contributed by atoms with Gasteiger partial charge in [0.25, 0.3) is 0 Å². The van der Waals surface area contributed by atoms with E-state index in [1.807, 2.05) is 0 Å². The largest absolute Gasteiger partial charge is 0.382 e. The second kappa shape index (κ2) is 1.73. The molecule has 6 heteroatoms. The van der Waals surface area contributed by atoms with Crippen LogP contribution in [-0.4, -0.2) is 16.1 Å². The Morgan fingerprint density at radius 2 is 2.22 bits per heavy atom. The molecule has 0 unspecified atom stereocenters. The summed E-state index contributed by atoms with van der Waals surface area (Å²) in [5.41, 5.74) is 10.2. The Labute approximate surface area is 50.3 Å². The fraction of sp³-hybridized carbons (Fsp3) is 0. The second-order valence-corrected chi connectivity index (χ2v) is 1.41. The third-order valence-electron chi connectivity index (χ3n) is 0.769. The SMILES string of the molecule is N=C(N)c1nonc1N. The lowest BCUT2D eigenvalue weighted by Crippen LogP contribution is -2.13. The highest BCUT2D eigenvalue weighted by molar-refractivity contribution is 5.96. The van der Waals surface area contributed by atoms with Gasteiger partial charge in [0.05, 0.1) is 0 Å². The Hall–Kier alpha value is -1.59. The van der Waals surface area contributed by atoms with Crippen molar-refractivity contribution in [1.82, 2.24) is 10.3 Å². The zero-order valence-corrected chi connectivity index (χ0v) is 4.46. The maximum atomic E-state index is 6.83. The maximum absolute atomic E-state index is 6.83.